The first-order valence-corrected chi connectivity index (χ1v) is 7.05. The lowest BCUT2D eigenvalue weighted by Gasteiger charge is -2.16. The second kappa shape index (κ2) is 5.24. The van der Waals surface area contributed by atoms with Gasteiger partial charge in [-0.25, -0.2) is 15.8 Å². The molecular formula is C13H20N6O. The summed E-state index contributed by atoms with van der Waals surface area (Å²) >= 11 is 0. The van der Waals surface area contributed by atoms with E-state index in [1.54, 1.807) is 0 Å². The molecular weight excluding hydrogens is 256 g/mol. The van der Waals surface area contributed by atoms with Crippen molar-refractivity contribution in [2.75, 3.05) is 17.3 Å². The number of hydrogen-bond donors (Lipinski definition) is 4. The van der Waals surface area contributed by atoms with Crippen molar-refractivity contribution in [1.29, 1.82) is 0 Å². The summed E-state index contributed by atoms with van der Waals surface area (Å²) in [6.07, 6.45) is 3.77. The summed E-state index contributed by atoms with van der Waals surface area (Å²) < 4.78 is 0. The summed E-state index contributed by atoms with van der Waals surface area (Å²) in [6.45, 7) is 2.61. The van der Waals surface area contributed by atoms with E-state index in [2.05, 4.69) is 26.0 Å². The second-order valence-corrected chi connectivity index (χ2v) is 5.51. The van der Waals surface area contributed by atoms with Crippen molar-refractivity contribution in [2.45, 2.75) is 44.6 Å². The molecule has 20 heavy (non-hydrogen) atoms. The van der Waals surface area contributed by atoms with Crippen LogP contribution in [0.1, 0.15) is 43.0 Å². The Morgan fingerprint density at radius 2 is 2.05 bits per heavy atom. The molecule has 0 radical (unpaired) electrons. The van der Waals surface area contributed by atoms with E-state index in [1.807, 2.05) is 6.92 Å². The zero-order chi connectivity index (χ0) is 14.1. The van der Waals surface area contributed by atoms with Gasteiger partial charge in [-0.05, 0) is 26.2 Å². The number of hydrazine groups is 1. The third-order valence-electron chi connectivity index (χ3n) is 3.84. The number of hydrogen-bond acceptors (Lipinski definition) is 6. The van der Waals surface area contributed by atoms with Crippen LogP contribution in [0.15, 0.2) is 0 Å². The van der Waals surface area contributed by atoms with E-state index >= 15 is 0 Å². The van der Waals surface area contributed by atoms with Crippen molar-refractivity contribution >= 4 is 17.5 Å². The number of nitrogens with one attached hydrogen (secondary N) is 3. The van der Waals surface area contributed by atoms with Gasteiger partial charge < -0.3 is 16.1 Å². The minimum absolute atomic E-state index is 0.124. The van der Waals surface area contributed by atoms with E-state index in [0.29, 0.717) is 24.7 Å². The first-order valence-electron chi connectivity index (χ1n) is 7.05. The van der Waals surface area contributed by atoms with Gasteiger partial charge in [-0.3, -0.25) is 4.79 Å². The topological polar surface area (TPSA) is 105 Å². The van der Waals surface area contributed by atoms with Crippen molar-refractivity contribution in [1.82, 2.24) is 15.3 Å². The number of carbonyl (C=O) groups excluding carboxylic acids is 1. The number of nitrogens with zero attached hydrogens (tertiary/aromatic N) is 2. The Labute approximate surface area is 117 Å². The molecule has 0 spiro atoms. The largest absolute Gasteiger partial charge is 0.368 e. The SMILES string of the molecule is Cc1c(NN)nc(C2CC2)nc1NCC1CCC(=O)N1. The monoisotopic (exact) mass is 276 g/mol. The van der Waals surface area contributed by atoms with Gasteiger partial charge in [0, 0.05) is 30.5 Å². The molecule has 1 atom stereocenters. The molecule has 1 amide bonds. The van der Waals surface area contributed by atoms with Crippen LogP contribution in [0.2, 0.25) is 0 Å². The van der Waals surface area contributed by atoms with Crippen LogP contribution in [-0.2, 0) is 4.79 Å². The smallest absolute Gasteiger partial charge is 0.220 e. The van der Waals surface area contributed by atoms with E-state index in [1.165, 1.54) is 0 Å². The Kier molecular flexibility index (Phi) is 3.43. The van der Waals surface area contributed by atoms with E-state index < -0.39 is 0 Å². The van der Waals surface area contributed by atoms with Gasteiger partial charge in [0.05, 0.1) is 0 Å². The molecule has 0 aromatic carbocycles. The third kappa shape index (κ3) is 2.67. The number of nitrogen functional groups attached to an aromatic ring is 1. The quantitative estimate of drug-likeness (QED) is 0.464. The lowest BCUT2D eigenvalue weighted by Crippen LogP contribution is -2.32. The van der Waals surface area contributed by atoms with Crippen LogP contribution in [0.25, 0.3) is 0 Å². The van der Waals surface area contributed by atoms with E-state index in [9.17, 15) is 4.79 Å². The van der Waals surface area contributed by atoms with E-state index in [4.69, 9.17) is 5.84 Å². The van der Waals surface area contributed by atoms with E-state index in [-0.39, 0.29) is 11.9 Å². The molecule has 1 aliphatic carbocycles. The summed E-state index contributed by atoms with van der Waals surface area (Å²) in [6, 6.07) is 0.176. The van der Waals surface area contributed by atoms with Crippen LogP contribution in [0.4, 0.5) is 11.6 Å². The molecule has 1 saturated carbocycles. The number of anilines is 2. The number of rotatable bonds is 5. The van der Waals surface area contributed by atoms with Crippen LogP contribution >= 0.6 is 0 Å². The minimum atomic E-state index is 0.124. The van der Waals surface area contributed by atoms with Crippen molar-refractivity contribution in [3.05, 3.63) is 11.4 Å². The molecule has 2 fully saturated rings. The average molecular weight is 276 g/mol. The molecule has 1 aromatic heterocycles. The highest BCUT2D eigenvalue weighted by Crippen LogP contribution is 2.39. The fraction of sp³-hybridized carbons (Fsp3) is 0.615. The molecule has 0 bridgehead atoms. The molecule has 108 valence electrons. The summed E-state index contributed by atoms with van der Waals surface area (Å²) in [7, 11) is 0. The molecule has 1 aromatic rings. The highest BCUT2D eigenvalue weighted by atomic mass is 16.1. The summed E-state index contributed by atoms with van der Waals surface area (Å²) in [5, 5.41) is 6.25. The Morgan fingerprint density at radius 3 is 2.65 bits per heavy atom. The van der Waals surface area contributed by atoms with E-state index in [0.717, 1.165) is 36.5 Å². The van der Waals surface area contributed by atoms with Crippen molar-refractivity contribution in [3.63, 3.8) is 0 Å². The lowest BCUT2D eigenvalue weighted by atomic mass is 10.2. The zero-order valence-corrected chi connectivity index (χ0v) is 11.6. The first-order chi connectivity index (χ1) is 9.67. The molecule has 1 aliphatic heterocycles. The van der Waals surface area contributed by atoms with Gasteiger partial charge in [0.15, 0.2) is 0 Å². The minimum Gasteiger partial charge on any atom is -0.368 e. The third-order valence-corrected chi connectivity index (χ3v) is 3.84. The summed E-state index contributed by atoms with van der Waals surface area (Å²) in [5.41, 5.74) is 3.54. The van der Waals surface area contributed by atoms with Gasteiger partial charge in [0.25, 0.3) is 0 Å². The summed E-state index contributed by atoms with van der Waals surface area (Å²) in [4.78, 5) is 20.2. The highest BCUT2D eigenvalue weighted by Gasteiger charge is 2.28. The normalized spacial score (nSPS) is 21.7. The second-order valence-electron chi connectivity index (χ2n) is 5.51. The highest BCUT2D eigenvalue weighted by molar-refractivity contribution is 5.78. The van der Waals surface area contributed by atoms with Crippen LogP contribution in [-0.4, -0.2) is 28.5 Å². The van der Waals surface area contributed by atoms with Gasteiger partial charge in [-0.15, -0.1) is 0 Å². The van der Waals surface area contributed by atoms with Gasteiger partial charge in [-0.1, -0.05) is 0 Å². The maximum Gasteiger partial charge on any atom is 0.220 e. The zero-order valence-electron chi connectivity index (χ0n) is 11.6. The van der Waals surface area contributed by atoms with Gasteiger partial charge in [0.2, 0.25) is 5.91 Å². The molecule has 2 heterocycles. The van der Waals surface area contributed by atoms with Crippen molar-refractivity contribution < 1.29 is 4.79 Å². The van der Waals surface area contributed by atoms with Crippen molar-refractivity contribution in [2.24, 2.45) is 5.84 Å². The average Bonchev–Trinajstić information content (AvgIpc) is 3.21. The lowest BCUT2D eigenvalue weighted by molar-refractivity contribution is -0.119. The Hall–Kier alpha value is -1.89. The molecule has 3 rings (SSSR count). The maximum absolute atomic E-state index is 11.2. The van der Waals surface area contributed by atoms with Crippen LogP contribution < -0.4 is 21.9 Å². The van der Waals surface area contributed by atoms with Crippen molar-refractivity contribution in [3.8, 4) is 0 Å². The Balaban J connectivity index is 1.73. The molecule has 1 saturated heterocycles. The standard InChI is InChI=1S/C13H20N6O/c1-7-11(15-6-9-4-5-10(20)16-9)17-13(8-2-3-8)18-12(7)19-14/h8-9H,2-6,14H2,1H3,(H,16,20)(H2,15,17,18,19). The van der Waals surface area contributed by atoms with Crippen LogP contribution in [0, 0.1) is 6.92 Å². The molecule has 2 aliphatic rings. The van der Waals surface area contributed by atoms with Crippen LogP contribution in [0.3, 0.4) is 0 Å². The molecule has 1 unspecified atom stereocenters. The number of carbonyl (C=O) groups is 1. The maximum atomic E-state index is 11.2. The Bertz CT molecular complexity index is 528. The predicted octanol–water partition coefficient (Wildman–Crippen LogP) is 0.639. The van der Waals surface area contributed by atoms with Gasteiger partial charge in [0.1, 0.15) is 17.5 Å². The fourth-order valence-electron chi connectivity index (χ4n) is 2.42. The predicted molar refractivity (Wildman–Crippen MR) is 76.2 cm³/mol. The fourth-order valence-corrected chi connectivity index (χ4v) is 2.42. The summed E-state index contributed by atoms with van der Waals surface area (Å²) in [5.74, 6) is 8.43. The van der Waals surface area contributed by atoms with Crippen LogP contribution in [0.5, 0.6) is 0 Å². The van der Waals surface area contributed by atoms with Gasteiger partial charge >= 0.3 is 0 Å². The first kappa shape index (κ1) is 13.1. The molecule has 7 nitrogen and oxygen atoms in total. The number of nitrogens with two attached hydrogens (primary N) is 1. The number of aromatic nitrogens is 2. The Morgan fingerprint density at radius 1 is 1.30 bits per heavy atom. The molecule has 7 heteroatoms. The number of amides is 1. The van der Waals surface area contributed by atoms with Gasteiger partial charge in [-0.2, -0.15) is 0 Å². The molecule has 5 N–H and O–H groups in total.